The van der Waals surface area contributed by atoms with Crippen LogP contribution < -0.4 is 10.2 Å². The highest BCUT2D eigenvalue weighted by Crippen LogP contribution is 2.17. The zero-order valence-corrected chi connectivity index (χ0v) is 15.5. The molecule has 0 saturated carbocycles. The first-order valence-electron chi connectivity index (χ1n) is 9.36. The van der Waals surface area contributed by atoms with Gasteiger partial charge in [0.25, 0.3) is 0 Å². The van der Waals surface area contributed by atoms with Crippen molar-refractivity contribution in [3.05, 3.63) is 30.1 Å². The Morgan fingerprint density at radius 1 is 1.12 bits per heavy atom. The molecule has 0 aliphatic carbocycles. The highest BCUT2D eigenvalue weighted by molar-refractivity contribution is 5.80. The SMILES string of the molecule is CCNC(=NCCCCOCC)N1CCN(c2ccc(F)cc2)CC1. The van der Waals surface area contributed by atoms with Gasteiger partial charge >= 0.3 is 0 Å². The lowest BCUT2D eigenvalue weighted by molar-refractivity contribution is 0.144. The van der Waals surface area contributed by atoms with Crippen LogP contribution in [-0.4, -0.2) is 63.3 Å². The molecule has 1 N–H and O–H groups in total. The van der Waals surface area contributed by atoms with E-state index in [4.69, 9.17) is 9.73 Å². The number of nitrogens with one attached hydrogen (secondary N) is 1. The summed E-state index contributed by atoms with van der Waals surface area (Å²) < 4.78 is 18.4. The molecular weight excluding hydrogens is 319 g/mol. The van der Waals surface area contributed by atoms with Gasteiger partial charge in [-0.2, -0.15) is 0 Å². The van der Waals surface area contributed by atoms with E-state index in [9.17, 15) is 4.39 Å². The minimum atomic E-state index is -0.187. The summed E-state index contributed by atoms with van der Waals surface area (Å²) in [4.78, 5) is 9.36. The molecule has 0 radical (unpaired) electrons. The molecule has 1 heterocycles. The normalized spacial score (nSPS) is 15.6. The molecule has 0 amide bonds. The van der Waals surface area contributed by atoms with Crippen LogP contribution in [0.3, 0.4) is 0 Å². The molecule has 0 bridgehead atoms. The van der Waals surface area contributed by atoms with E-state index in [1.807, 2.05) is 19.1 Å². The van der Waals surface area contributed by atoms with Crippen molar-refractivity contribution in [1.29, 1.82) is 0 Å². The summed E-state index contributed by atoms with van der Waals surface area (Å²) in [6.45, 7) is 11.1. The van der Waals surface area contributed by atoms with Gasteiger partial charge in [0.2, 0.25) is 0 Å². The first-order valence-corrected chi connectivity index (χ1v) is 9.36. The van der Waals surface area contributed by atoms with Crippen molar-refractivity contribution in [2.75, 3.05) is 57.4 Å². The quantitative estimate of drug-likeness (QED) is 0.445. The average Bonchev–Trinajstić information content (AvgIpc) is 2.64. The highest BCUT2D eigenvalue weighted by atomic mass is 19.1. The number of hydrogen-bond donors (Lipinski definition) is 1. The Labute approximate surface area is 150 Å². The van der Waals surface area contributed by atoms with Crippen LogP contribution >= 0.6 is 0 Å². The molecule has 0 aromatic heterocycles. The van der Waals surface area contributed by atoms with E-state index in [2.05, 4.69) is 22.0 Å². The van der Waals surface area contributed by atoms with E-state index in [1.165, 1.54) is 12.1 Å². The maximum atomic E-state index is 13.1. The van der Waals surface area contributed by atoms with Crippen LogP contribution in [0.2, 0.25) is 0 Å². The zero-order valence-electron chi connectivity index (χ0n) is 15.5. The minimum absolute atomic E-state index is 0.187. The predicted molar refractivity (Wildman–Crippen MR) is 102 cm³/mol. The fourth-order valence-electron chi connectivity index (χ4n) is 2.90. The lowest BCUT2D eigenvalue weighted by atomic mass is 10.2. The first kappa shape index (κ1) is 19.5. The maximum Gasteiger partial charge on any atom is 0.194 e. The molecule has 5 nitrogen and oxygen atoms in total. The summed E-state index contributed by atoms with van der Waals surface area (Å²) in [5, 5.41) is 3.39. The maximum absolute atomic E-state index is 13.1. The summed E-state index contributed by atoms with van der Waals surface area (Å²) in [5.41, 5.74) is 1.08. The Hall–Kier alpha value is -1.82. The number of ether oxygens (including phenoxy) is 1. The molecule has 140 valence electrons. The van der Waals surface area contributed by atoms with Gasteiger partial charge in [-0.25, -0.2) is 4.39 Å². The largest absolute Gasteiger partial charge is 0.382 e. The van der Waals surface area contributed by atoms with Crippen LogP contribution in [0, 0.1) is 5.82 Å². The summed E-state index contributed by atoms with van der Waals surface area (Å²) in [6.07, 6.45) is 2.10. The van der Waals surface area contributed by atoms with Gasteiger partial charge in [0.15, 0.2) is 5.96 Å². The lowest BCUT2D eigenvalue weighted by Crippen LogP contribution is -2.52. The van der Waals surface area contributed by atoms with Crippen molar-refractivity contribution in [2.24, 2.45) is 4.99 Å². The number of hydrogen-bond acceptors (Lipinski definition) is 3. The van der Waals surface area contributed by atoms with Crippen molar-refractivity contribution < 1.29 is 9.13 Å². The minimum Gasteiger partial charge on any atom is -0.382 e. The number of rotatable bonds is 8. The van der Waals surface area contributed by atoms with Gasteiger partial charge < -0.3 is 19.9 Å². The van der Waals surface area contributed by atoms with E-state index in [-0.39, 0.29) is 5.82 Å². The molecular formula is C19H31FN4O. The van der Waals surface area contributed by atoms with E-state index in [1.54, 1.807) is 0 Å². The predicted octanol–water partition coefficient (Wildman–Crippen LogP) is 2.73. The van der Waals surface area contributed by atoms with Crippen LogP contribution in [0.15, 0.2) is 29.3 Å². The average molecular weight is 350 g/mol. The Morgan fingerprint density at radius 2 is 1.84 bits per heavy atom. The summed E-state index contributed by atoms with van der Waals surface area (Å²) in [5.74, 6) is 0.811. The van der Waals surface area contributed by atoms with Crippen LogP contribution in [0.1, 0.15) is 26.7 Å². The third-order valence-electron chi connectivity index (χ3n) is 4.27. The summed E-state index contributed by atoms with van der Waals surface area (Å²) in [6, 6.07) is 6.75. The Kier molecular flexibility index (Phi) is 8.52. The molecule has 1 saturated heterocycles. The van der Waals surface area contributed by atoms with Crippen LogP contribution in [0.5, 0.6) is 0 Å². The number of guanidine groups is 1. The number of unbranched alkanes of at least 4 members (excludes halogenated alkanes) is 1. The Balaban J connectivity index is 1.81. The number of aliphatic imine (C=N–C) groups is 1. The van der Waals surface area contributed by atoms with Gasteiger partial charge in [-0.05, 0) is 51.0 Å². The van der Waals surface area contributed by atoms with Crippen LogP contribution in [0.4, 0.5) is 10.1 Å². The number of nitrogens with zero attached hydrogens (tertiary/aromatic N) is 3. The van der Waals surface area contributed by atoms with Crippen molar-refractivity contribution in [3.8, 4) is 0 Å². The van der Waals surface area contributed by atoms with Crippen molar-refractivity contribution in [1.82, 2.24) is 10.2 Å². The van der Waals surface area contributed by atoms with Crippen LogP contribution in [-0.2, 0) is 4.74 Å². The summed E-state index contributed by atoms with van der Waals surface area (Å²) in [7, 11) is 0. The topological polar surface area (TPSA) is 40.1 Å². The molecule has 0 spiro atoms. The fraction of sp³-hybridized carbons (Fsp3) is 0.632. The van der Waals surface area contributed by atoms with Gasteiger partial charge in [0.05, 0.1) is 0 Å². The number of anilines is 1. The molecule has 2 rings (SSSR count). The van der Waals surface area contributed by atoms with Crippen molar-refractivity contribution >= 4 is 11.6 Å². The number of benzene rings is 1. The molecule has 6 heteroatoms. The van der Waals surface area contributed by atoms with Gasteiger partial charge in [0, 0.05) is 58.2 Å². The lowest BCUT2D eigenvalue weighted by Gasteiger charge is -2.37. The number of piperazine rings is 1. The Morgan fingerprint density at radius 3 is 2.48 bits per heavy atom. The van der Waals surface area contributed by atoms with Crippen molar-refractivity contribution in [3.63, 3.8) is 0 Å². The molecule has 0 unspecified atom stereocenters. The third-order valence-corrected chi connectivity index (χ3v) is 4.27. The van der Waals surface area contributed by atoms with E-state index < -0.39 is 0 Å². The van der Waals surface area contributed by atoms with Gasteiger partial charge in [-0.1, -0.05) is 0 Å². The van der Waals surface area contributed by atoms with E-state index in [0.29, 0.717) is 0 Å². The molecule has 1 aliphatic heterocycles. The second-order valence-electron chi connectivity index (χ2n) is 6.09. The fourth-order valence-corrected chi connectivity index (χ4v) is 2.90. The monoisotopic (exact) mass is 350 g/mol. The second kappa shape index (κ2) is 10.9. The van der Waals surface area contributed by atoms with Crippen LogP contribution in [0.25, 0.3) is 0 Å². The molecule has 25 heavy (non-hydrogen) atoms. The highest BCUT2D eigenvalue weighted by Gasteiger charge is 2.19. The smallest absolute Gasteiger partial charge is 0.194 e. The van der Waals surface area contributed by atoms with E-state index in [0.717, 1.165) is 77.0 Å². The first-order chi connectivity index (χ1) is 12.2. The van der Waals surface area contributed by atoms with Gasteiger partial charge in [0.1, 0.15) is 5.82 Å². The van der Waals surface area contributed by atoms with Gasteiger partial charge in [-0.3, -0.25) is 4.99 Å². The Bertz CT molecular complexity index is 513. The van der Waals surface area contributed by atoms with Gasteiger partial charge in [-0.15, -0.1) is 0 Å². The molecule has 1 aromatic rings. The third kappa shape index (κ3) is 6.53. The van der Waals surface area contributed by atoms with Crippen molar-refractivity contribution in [2.45, 2.75) is 26.7 Å². The molecule has 1 fully saturated rings. The summed E-state index contributed by atoms with van der Waals surface area (Å²) >= 11 is 0. The second-order valence-corrected chi connectivity index (χ2v) is 6.09. The molecule has 1 aromatic carbocycles. The number of halogens is 1. The molecule has 0 atom stereocenters. The standard InChI is InChI=1S/C19H31FN4O/c1-3-21-19(22-11-5-6-16-25-4-2)24-14-12-23(13-15-24)18-9-7-17(20)8-10-18/h7-10H,3-6,11-16H2,1-2H3,(H,21,22). The van der Waals surface area contributed by atoms with E-state index >= 15 is 0 Å². The molecule has 1 aliphatic rings. The zero-order chi connectivity index (χ0) is 17.9.